The van der Waals surface area contributed by atoms with Crippen molar-refractivity contribution >= 4 is 23.0 Å². The van der Waals surface area contributed by atoms with Crippen LogP contribution in [-0.4, -0.2) is 27.3 Å². The van der Waals surface area contributed by atoms with Crippen LogP contribution in [0.5, 0.6) is 5.75 Å². The summed E-state index contributed by atoms with van der Waals surface area (Å²) in [5, 5.41) is 12.3. The van der Waals surface area contributed by atoms with Crippen LogP contribution in [0.25, 0.3) is 22.2 Å². The number of ether oxygens (including phenoxy) is 1. The van der Waals surface area contributed by atoms with Crippen molar-refractivity contribution in [3.8, 4) is 17.0 Å². The van der Waals surface area contributed by atoms with Gasteiger partial charge in [-0.2, -0.15) is 10.2 Å². The van der Waals surface area contributed by atoms with Crippen molar-refractivity contribution in [1.82, 2.24) is 20.6 Å². The highest BCUT2D eigenvalue weighted by atomic mass is 16.5. The molecule has 1 amide bonds. The van der Waals surface area contributed by atoms with E-state index in [1.807, 2.05) is 85.8 Å². The van der Waals surface area contributed by atoms with Gasteiger partial charge in [-0.05, 0) is 36.8 Å². The fraction of sp³-hybridized carbons (Fsp3) is 0.0741. The molecule has 0 unspecified atom stereocenters. The minimum Gasteiger partial charge on any atom is -0.488 e. The fourth-order valence-electron chi connectivity index (χ4n) is 3.80. The molecule has 0 spiro atoms. The van der Waals surface area contributed by atoms with Gasteiger partial charge in [-0.3, -0.25) is 9.89 Å². The molecular formula is C27H23N5O2. The van der Waals surface area contributed by atoms with Gasteiger partial charge in [0.05, 0.1) is 11.9 Å². The summed E-state index contributed by atoms with van der Waals surface area (Å²) in [6, 6.07) is 27.2. The average Bonchev–Trinajstić information content (AvgIpc) is 3.48. The molecule has 168 valence electrons. The van der Waals surface area contributed by atoms with E-state index in [0.29, 0.717) is 23.7 Å². The van der Waals surface area contributed by atoms with Gasteiger partial charge in [0.25, 0.3) is 5.91 Å². The maximum Gasteiger partial charge on any atom is 0.289 e. The van der Waals surface area contributed by atoms with Gasteiger partial charge in [0.15, 0.2) is 0 Å². The third kappa shape index (κ3) is 4.45. The fourth-order valence-corrected chi connectivity index (χ4v) is 3.80. The Kier molecular flexibility index (Phi) is 5.90. The van der Waals surface area contributed by atoms with Crippen LogP contribution in [0.4, 0.5) is 0 Å². The molecule has 5 rings (SSSR count). The molecule has 0 saturated heterocycles. The van der Waals surface area contributed by atoms with Crippen LogP contribution in [0.2, 0.25) is 0 Å². The lowest BCUT2D eigenvalue weighted by Crippen LogP contribution is -2.18. The molecule has 7 heteroatoms. The van der Waals surface area contributed by atoms with E-state index < -0.39 is 0 Å². The van der Waals surface area contributed by atoms with Gasteiger partial charge in [-0.15, -0.1) is 0 Å². The zero-order valence-corrected chi connectivity index (χ0v) is 18.6. The standard InChI is InChI=1S/C27H23N5O2/c1-18-22(20-11-5-7-13-23(20)29-18)16-28-32-27(33)25-15-24(30-31-25)21-12-6-8-14-26(21)34-17-19-9-3-2-4-10-19/h2-16,29H,17H2,1H3,(H,30,31)(H,32,33)/b28-16-. The Morgan fingerprint density at radius 1 is 1.03 bits per heavy atom. The molecule has 0 aliphatic carbocycles. The van der Waals surface area contributed by atoms with E-state index in [-0.39, 0.29) is 5.91 Å². The largest absolute Gasteiger partial charge is 0.488 e. The number of hydrogen-bond donors (Lipinski definition) is 3. The summed E-state index contributed by atoms with van der Waals surface area (Å²) in [6.07, 6.45) is 1.65. The Hall–Kier alpha value is -4.65. The Labute approximate surface area is 196 Å². The number of fused-ring (bicyclic) bond motifs is 1. The minimum absolute atomic E-state index is 0.306. The third-order valence-electron chi connectivity index (χ3n) is 5.53. The summed E-state index contributed by atoms with van der Waals surface area (Å²) in [5.41, 5.74) is 8.31. The highest BCUT2D eigenvalue weighted by Crippen LogP contribution is 2.29. The second-order valence-electron chi connectivity index (χ2n) is 7.85. The number of nitrogens with one attached hydrogen (secondary N) is 3. The molecule has 2 aromatic heterocycles. The molecule has 2 heterocycles. The van der Waals surface area contributed by atoms with Gasteiger partial charge >= 0.3 is 0 Å². The molecule has 0 radical (unpaired) electrons. The number of amides is 1. The van der Waals surface area contributed by atoms with Crippen LogP contribution in [0, 0.1) is 6.92 Å². The molecule has 0 aliphatic rings. The number of hydrazone groups is 1. The van der Waals surface area contributed by atoms with E-state index in [9.17, 15) is 4.79 Å². The lowest BCUT2D eigenvalue weighted by Gasteiger charge is -2.10. The lowest BCUT2D eigenvalue weighted by atomic mass is 10.1. The van der Waals surface area contributed by atoms with Crippen LogP contribution in [0.3, 0.4) is 0 Å². The lowest BCUT2D eigenvalue weighted by molar-refractivity contribution is 0.0950. The van der Waals surface area contributed by atoms with Crippen LogP contribution in [-0.2, 0) is 6.61 Å². The van der Waals surface area contributed by atoms with E-state index in [0.717, 1.165) is 33.3 Å². The van der Waals surface area contributed by atoms with Crippen LogP contribution >= 0.6 is 0 Å². The first-order valence-corrected chi connectivity index (χ1v) is 10.9. The number of hydrogen-bond acceptors (Lipinski definition) is 4. The Balaban J connectivity index is 1.29. The van der Waals surface area contributed by atoms with Crippen molar-refractivity contribution in [3.05, 3.63) is 107 Å². The van der Waals surface area contributed by atoms with Crippen LogP contribution in [0.15, 0.2) is 90.0 Å². The number of aryl methyl sites for hydroxylation is 1. The molecule has 7 nitrogen and oxygen atoms in total. The Morgan fingerprint density at radius 2 is 1.79 bits per heavy atom. The Morgan fingerprint density at radius 3 is 2.68 bits per heavy atom. The van der Waals surface area contributed by atoms with Crippen molar-refractivity contribution in [3.63, 3.8) is 0 Å². The first kappa shape index (κ1) is 21.2. The topological polar surface area (TPSA) is 95.2 Å². The smallest absolute Gasteiger partial charge is 0.289 e. The predicted octanol–water partition coefficient (Wildman–Crippen LogP) is 5.21. The number of benzene rings is 3. The van der Waals surface area contributed by atoms with Crippen molar-refractivity contribution < 1.29 is 9.53 Å². The summed E-state index contributed by atoms with van der Waals surface area (Å²) in [7, 11) is 0. The van der Waals surface area contributed by atoms with Crippen molar-refractivity contribution in [2.75, 3.05) is 0 Å². The number of carbonyl (C=O) groups is 1. The van der Waals surface area contributed by atoms with E-state index in [1.54, 1.807) is 12.3 Å². The van der Waals surface area contributed by atoms with E-state index in [2.05, 4.69) is 25.7 Å². The average molecular weight is 450 g/mol. The number of rotatable bonds is 7. The minimum atomic E-state index is -0.379. The van der Waals surface area contributed by atoms with E-state index in [4.69, 9.17) is 4.74 Å². The molecule has 0 fully saturated rings. The van der Waals surface area contributed by atoms with Crippen LogP contribution < -0.4 is 10.2 Å². The molecule has 0 aliphatic heterocycles. The molecule has 3 N–H and O–H groups in total. The number of para-hydroxylation sites is 2. The summed E-state index contributed by atoms with van der Waals surface area (Å²) in [6.45, 7) is 2.42. The molecular weight excluding hydrogens is 426 g/mol. The molecule has 0 saturated carbocycles. The SMILES string of the molecule is Cc1[nH]c2ccccc2c1/C=N\NC(=O)c1cc(-c2ccccc2OCc2ccccc2)n[nH]1. The number of carbonyl (C=O) groups excluding carboxylic acids is 1. The van der Waals surface area contributed by atoms with Crippen molar-refractivity contribution in [2.45, 2.75) is 13.5 Å². The maximum absolute atomic E-state index is 12.6. The van der Waals surface area contributed by atoms with Gasteiger partial charge in [-0.1, -0.05) is 60.7 Å². The zero-order valence-electron chi connectivity index (χ0n) is 18.6. The highest BCUT2D eigenvalue weighted by Gasteiger charge is 2.14. The number of aromatic amines is 2. The van der Waals surface area contributed by atoms with E-state index in [1.165, 1.54) is 0 Å². The van der Waals surface area contributed by atoms with Gasteiger partial charge < -0.3 is 9.72 Å². The van der Waals surface area contributed by atoms with Gasteiger partial charge in [-0.25, -0.2) is 5.43 Å². The molecule has 3 aromatic carbocycles. The quantitative estimate of drug-likeness (QED) is 0.235. The molecule has 34 heavy (non-hydrogen) atoms. The normalized spacial score (nSPS) is 11.2. The molecule has 0 atom stereocenters. The zero-order chi connectivity index (χ0) is 23.3. The van der Waals surface area contributed by atoms with Gasteiger partial charge in [0, 0.05) is 27.7 Å². The summed E-state index contributed by atoms with van der Waals surface area (Å²) < 4.78 is 6.02. The maximum atomic E-state index is 12.6. The number of aromatic nitrogens is 3. The summed E-state index contributed by atoms with van der Waals surface area (Å²) in [4.78, 5) is 15.9. The molecule has 0 bridgehead atoms. The number of nitrogens with zero attached hydrogens (tertiary/aromatic N) is 2. The predicted molar refractivity (Wildman–Crippen MR) is 133 cm³/mol. The Bertz CT molecular complexity index is 1470. The third-order valence-corrected chi connectivity index (χ3v) is 5.53. The van der Waals surface area contributed by atoms with Crippen molar-refractivity contribution in [2.24, 2.45) is 5.10 Å². The highest BCUT2D eigenvalue weighted by molar-refractivity contribution is 6.01. The molecule has 5 aromatic rings. The van der Waals surface area contributed by atoms with Gasteiger partial charge in [0.2, 0.25) is 0 Å². The van der Waals surface area contributed by atoms with Crippen molar-refractivity contribution in [1.29, 1.82) is 0 Å². The van der Waals surface area contributed by atoms with Crippen LogP contribution in [0.1, 0.15) is 27.3 Å². The van der Waals surface area contributed by atoms with Gasteiger partial charge in [0.1, 0.15) is 18.1 Å². The number of H-pyrrole nitrogens is 2. The summed E-state index contributed by atoms with van der Waals surface area (Å²) >= 11 is 0. The second kappa shape index (κ2) is 9.46. The van der Waals surface area contributed by atoms with E-state index >= 15 is 0 Å². The summed E-state index contributed by atoms with van der Waals surface area (Å²) in [5.74, 6) is 0.313. The first-order chi connectivity index (χ1) is 16.7. The second-order valence-corrected chi connectivity index (χ2v) is 7.85. The monoisotopic (exact) mass is 449 g/mol. The first-order valence-electron chi connectivity index (χ1n) is 10.9.